The predicted octanol–water partition coefficient (Wildman–Crippen LogP) is 1.87. The third kappa shape index (κ3) is 9.85. The van der Waals surface area contributed by atoms with Crippen LogP contribution in [-0.2, 0) is 16.0 Å². The Balaban J connectivity index is 0.00000512. The second-order valence-electron chi connectivity index (χ2n) is 6.76. The Bertz CT molecular complexity index is 925. The highest BCUT2D eigenvalue weighted by molar-refractivity contribution is 5.95. The summed E-state index contributed by atoms with van der Waals surface area (Å²) in [5, 5.41) is 7.37. The number of hydrogen-bond acceptors (Lipinski definition) is 7. The van der Waals surface area contributed by atoms with Crippen LogP contribution in [0, 0.1) is 5.41 Å². The van der Waals surface area contributed by atoms with Gasteiger partial charge in [-0.15, -0.1) is 30.3 Å². The molecule has 2 aromatic rings. The topological polar surface area (TPSA) is 142 Å². The Hall–Kier alpha value is -3.21. The number of ether oxygens (including phenoxy) is 2. The van der Waals surface area contributed by atoms with Crippen LogP contribution in [0.25, 0.3) is 0 Å². The molecule has 0 unspecified atom stereocenters. The first-order chi connectivity index (χ1) is 14.8. The van der Waals surface area contributed by atoms with Crippen LogP contribution < -0.4 is 31.6 Å². The first kappa shape index (κ1) is 29.8. The zero-order chi connectivity index (χ0) is 22.8. The Morgan fingerprint density at radius 3 is 2.27 bits per heavy atom. The van der Waals surface area contributed by atoms with E-state index in [0.29, 0.717) is 29.4 Å². The number of nitrogen functional groups attached to an aromatic ring is 1. The number of hydrogen-bond donors (Lipinski definition) is 5. The number of benzene rings is 2. The molecule has 6 N–H and O–H groups in total. The Morgan fingerprint density at radius 1 is 1.03 bits per heavy atom. The summed E-state index contributed by atoms with van der Waals surface area (Å²) in [4.78, 5) is 25.4. The fraction of sp³-hybridized carbons (Fsp3) is 0.286. The monoisotopic (exact) mass is 500 g/mol. The molecule has 0 aliphatic carbocycles. The lowest BCUT2D eigenvalue weighted by molar-refractivity contribution is -0.130. The first-order valence-electron chi connectivity index (χ1n) is 9.63. The van der Waals surface area contributed by atoms with Crippen molar-refractivity contribution >= 4 is 48.2 Å². The van der Waals surface area contributed by atoms with Crippen molar-refractivity contribution in [2.45, 2.75) is 13.3 Å². The van der Waals surface area contributed by atoms with E-state index in [1.165, 1.54) is 4.90 Å². The van der Waals surface area contributed by atoms with Crippen LogP contribution in [0.15, 0.2) is 42.5 Å². The molecule has 0 atom stereocenters. The van der Waals surface area contributed by atoms with Gasteiger partial charge in [0.05, 0.1) is 18.7 Å². The summed E-state index contributed by atoms with van der Waals surface area (Å²) < 4.78 is 11.1. The van der Waals surface area contributed by atoms with Gasteiger partial charge in [0.2, 0.25) is 5.91 Å². The highest BCUT2D eigenvalue weighted by atomic mass is 35.5. The lowest BCUT2D eigenvalue weighted by Crippen LogP contribution is -2.42. The van der Waals surface area contributed by atoms with Gasteiger partial charge in [-0.25, -0.2) is 0 Å². The molecule has 2 rings (SSSR count). The maximum atomic E-state index is 12.2. The van der Waals surface area contributed by atoms with Gasteiger partial charge in [0, 0.05) is 19.7 Å². The highest BCUT2D eigenvalue weighted by Crippen LogP contribution is 2.28. The van der Waals surface area contributed by atoms with Gasteiger partial charge in [0.1, 0.15) is 5.84 Å². The molecule has 0 bridgehead atoms. The summed E-state index contributed by atoms with van der Waals surface area (Å²) in [5.41, 5.74) is 15.4. The number of anilines is 1. The van der Waals surface area contributed by atoms with Crippen molar-refractivity contribution in [3.8, 4) is 11.5 Å². The predicted molar refractivity (Wildman–Crippen MR) is 132 cm³/mol. The molecule has 2 aromatic carbocycles. The lowest BCUT2D eigenvalue weighted by Gasteiger charge is -2.15. The van der Waals surface area contributed by atoms with E-state index in [1.807, 2.05) is 6.92 Å². The van der Waals surface area contributed by atoms with E-state index in [0.717, 1.165) is 5.56 Å². The van der Waals surface area contributed by atoms with Gasteiger partial charge in [-0.05, 0) is 48.9 Å². The molecule has 10 nitrogen and oxygen atoms in total. The molecule has 2 amide bonds. The summed E-state index contributed by atoms with van der Waals surface area (Å²) in [6.07, 6.45) is 0.106. The van der Waals surface area contributed by atoms with Gasteiger partial charge in [0.25, 0.3) is 5.91 Å². The minimum atomic E-state index is -0.272. The Kier molecular flexibility index (Phi) is 13.3. The normalized spacial score (nSPS) is 9.55. The zero-order valence-corrected chi connectivity index (χ0v) is 20.3. The van der Waals surface area contributed by atoms with Crippen LogP contribution in [0.1, 0.15) is 18.1 Å². The van der Waals surface area contributed by atoms with Crippen molar-refractivity contribution in [2.75, 3.05) is 32.7 Å². The quantitative estimate of drug-likeness (QED) is 0.180. The van der Waals surface area contributed by atoms with Crippen LogP contribution in [0.3, 0.4) is 0 Å². The molecule has 12 heteroatoms. The SMILES string of the molecule is CCOc1cc(CC(=O)NNNc2ccc(C(=N)N)cc2)ccc1OCC(=O)N(C)C.Cl.Cl. The summed E-state index contributed by atoms with van der Waals surface area (Å²) >= 11 is 0. The molecule has 0 aliphatic heterocycles. The molecule has 0 saturated heterocycles. The molecule has 0 aromatic heterocycles. The lowest BCUT2D eigenvalue weighted by atomic mass is 10.1. The van der Waals surface area contributed by atoms with E-state index in [4.69, 9.17) is 20.6 Å². The van der Waals surface area contributed by atoms with Crippen LogP contribution >= 0.6 is 24.8 Å². The minimum Gasteiger partial charge on any atom is -0.490 e. The number of carbonyl (C=O) groups excluding carboxylic acids is 2. The van der Waals surface area contributed by atoms with Crippen molar-refractivity contribution in [1.82, 2.24) is 15.9 Å². The maximum Gasteiger partial charge on any atom is 0.259 e. The largest absolute Gasteiger partial charge is 0.490 e. The van der Waals surface area contributed by atoms with Gasteiger partial charge in [0.15, 0.2) is 18.1 Å². The smallest absolute Gasteiger partial charge is 0.259 e. The molecule has 0 spiro atoms. The van der Waals surface area contributed by atoms with E-state index < -0.39 is 0 Å². The molecule has 33 heavy (non-hydrogen) atoms. The average Bonchev–Trinajstić information content (AvgIpc) is 2.73. The van der Waals surface area contributed by atoms with Crippen LogP contribution in [-0.4, -0.2) is 49.9 Å². The molecule has 0 heterocycles. The minimum absolute atomic E-state index is 0. The molecule has 0 aliphatic rings. The van der Waals surface area contributed by atoms with Crippen LogP contribution in [0.2, 0.25) is 0 Å². The molecule has 0 fully saturated rings. The zero-order valence-electron chi connectivity index (χ0n) is 18.6. The number of likely N-dealkylation sites (N-methyl/N-ethyl adjacent to an activating group) is 1. The molecule has 182 valence electrons. The standard InChI is InChI=1S/C21H28N6O4.2ClH/c1-4-30-18-11-14(5-10-17(18)31-13-20(29)27(2)3)12-19(28)25-26-24-16-8-6-15(7-9-16)21(22)23;;/h5-11,24,26H,4,12-13H2,1-3H3,(H3,22,23)(H,25,28);2*1H. The number of nitrogens with one attached hydrogen (secondary N) is 4. The number of rotatable bonds is 11. The van der Waals surface area contributed by atoms with Crippen molar-refractivity contribution in [1.29, 1.82) is 5.41 Å². The number of hydrazine groups is 2. The van der Waals surface area contributed by atoms with Gasteiger partial charge in [-0.1, -0.05) is 6.07 Å². The fourth-order valence-corrected chi connectivity index (χ4v) is 2.45. The molecule has 0 radical (unpaired) electrons. The number of nitrogens with zero attached hydrogens (tertiary/aromatic N) is 1. The highest BCUT2D eigenvalue weighted by Gasteiger charge is 2.12. The van der Waals surface area contributed by atoms with Gasteiger partial charge in [-0.2, -0.15) is 0 Å². The van der Waals surface area contributed by atoms with Crippen LogP contribution in [0.5, 0.6) is 11.5 Å². The second-order valence-corrected chi connectivity index (χ2v) is 6.76. The third-order valence-corrected chi connectivity index (χ3v) is 4.13. The van der Waals surface area contributed by atoms with Crippen molar-refractivity contribution < 1.29 is 19.1 Å². The molecular weight excluding hydrogens is 471 g/mol. The van der Waals surface area contributed by atoms with Crippen LogP contribution in [0.4, 0.5) is 5.69 Å². The summed E-state index contributed by atoms with van der Waals surface area (Å²) in [7, 11) is 3.31. The fourth-order valence-electron chi connectivity index (χ4n) is 2.45. The van der Waals surface area contributed by atoms with E-state index in [2.05, 4.69) is 16.4 Å². The van der Waals surface area contributed by atoms with Gasteiger partial charge < -0.3 is 25.5 Å². The van der Waals surface area contributed by atoms with E-state index in [-0.39, 0.29) is 55.5 Å². The summed E-state index contributed by atoms with van der Waals surface area (Å²) in [5.74, 6) is 0.457. The Labute approximate surface area is 205 Å². The third-order valence-electron chi connectivity index (χ3n) is 4.13. The number of carbonyl (C=O) groups is 2. The van der Waals surface area contributed by atoms with Crippen molar-refractivity contribution in [2.24, 2.45) is 5.73 Å². The molecular formula is C21H30Cl2N6O4. The number of halogens is 2. The molecule has 0 saturated carbocycles. The average molecular weight is 501 g/mol. The van der Waals surface area contributed by atoms with E-state index in [9.17, 15) is 9.59 Å². The van der Waals surface area contributed by atoms with Crippen molar-refractivity contribution in [3.63, 3.8) is 0 Å². The summed E-state index contributed by atoms with van der Waals surface area (Å²) in [6.45, 7) is 2.16. The van der Waals surface area contributed by atoms with Gasteiger partial charge >= 0.3 is 0 Å². The number of amidine groups is 1. The summed E-state index contributed by atoms with van der Waals surface area (Å²) in [6, 6.07) is 12.0. The van der Waals surface area contributed by atoms with E-state index in [1.54, 1.807) is 56.6 Å². The number of nitrogens with two attached hydrogens (primary N) is 1. The first-order valence-corrected chi connectivity index (χ1v) is 9.63. The Morgan fingerprint density at radius 2 is 1.70 bits per heavy atom. The maximum absolute atomic E-state index is 12.2. The van der Waals surface area contributed by atoms with Gasteiger partial charge in [-0.3, -0.25) is 20.4 Å². The van der Waals surface area contributed by atoms with E-state index >= 15 is 0 Å². The second kappa shape index (κ2) is 14.8. The number of amides is 2. The van der Waals surface area contributed by atoms with Crippen molar-refractivity contribution in [3.05, 3.63) is 53.6 Å².